The van der Waals surface area contributed by atoms with E-state index in [1.54, 1.807) is 11.1 Å². The van der Waals surface area contributed by atoms with E-state index in [0.29, 0.717) is 5.66 Å². The summed E-state index contributed by atoms with van der Waals surface area (Å²) >= 11 is 0. The minimum atomic E-state index is -0.0923. The Morgan fingerprint density at radius 2 is 1.59 bits per heavy atom. The summed E-state index contributed by atoms with van der Waals surface area (Å²) in [7, 11) is -0.0223. The molecular weight excluding hydrogens is 362 g/mol. The number of benzene rings is 1. The van der Waals surface area contributed by atoms with Crippen molar-refractivity contribution < 1.29 is 0 Å². The fourth-order valence-corrected chi connectivity index (χ4v) is 13.6. The molecule has 27 heavy (non-hydrogen) atoms. The zero-order valence-electron chi connectivity index (χ0n) is 17.9. The van der Waals surface area contributed by atoms with Gasteiger partial charge in [0.05, 0.1) is 0 Å². The first-order chi connectivity index (χ1) is 12.9. The number of fused-ring (bicyclic) bond motifs is 1. The molecule has 0 aliphatic heterocycles. The number of hydrogen-bond acceptors (Lipinski definition) is 0. The van der Waals surface area contributed by atoms with Crippen LogP contribution in [-0.4, -0.2) is 22.9 Å². The van der Waals surface area contributed by atoms with Gasteiger partial charge >= 0.3 is 0 Å². The average molecular weight is 399 g/mol. The van der Waals surface area contributed by atoms with Gasteiger partial charge in [-0.15, -0.1) is 0 Å². The molecule has 2 aliphatic rings. The van der Waals surface area contributed by atoms with Gasteiger partial charge in [0.2, 0.25) is 0 Å². The minimum Gasteiger partial charge on any atom is -0.0970 e. The first-order valence-electron chi connectivity index (χ1n) is 10.6. The molecule has 0 aromatic heterocycles. The second-order valence-electron chi connectivity index (χ2n) is 8.74. The van der Waals surface area contributed by atoms with Gasteiger partial charge in [0.15, 0.2) is 0 Å². The van der Waals surface area contributed by atoms with Gasteiger partial charge in [-0.05, 0) is 52.4 Å². The fraction of sp³-hybridized carbons (Fsp3) is 0.520. The van der Waals surface area contributed by atoms with Crippen molar-refractivity contribution in [1.29, 1.82) is 0 Å². The third kappa shape index (κ3) is 4.66. The summed E-state index contributed by atoms with van der Waals surface area (Å²) < 4.78 is 0. The number of allylic oxidation sites excluding steroid dienone is 5. The van der Waals surface area contributed by atoms with Crippen molar-refractivity contribution in [2.45, 2.75) is 77.0 Å². The average Bonchev–Trinajstić information content (AvgIpc) is 2.79. The smallest absolute Gasteiger partial charge is 0.0271 e. The second-order valence-corrected chi connectivity index (χ2v) is 15.5. The molecule has 0 radical (unpaired) electrons. The second kappa shape index (κ2) is 9.20. The van der Waals surface area contributed by atoms with Crippen LogP contribution in [0.2, 0.25) is 0 Å². The maximum absolute atomic E-state index is 2.49. The van der Waals surface area contributed by atoms with Gasteiger partial charge in [0.25, 0.3) is 0 Å². The summed E-state index contributed by atoms with van der Waals surface area (Å²) in [5, 5.41) is 0. The highest BCUT2D eigenvalue weighted by atomic mass is 31.2. The predicted octanol–water partition coefficient (Wildman–Crippen LogP) is 8.55. The standard InChI is InChI=1S/C25H36P2/c1-18(2)26(19(3)4)17-27(20(5)6)25-23-13-9-7-11-21(23)15-16-22-12-8-10-14-24(22)25/h7-9,11-13,15-16,18-20,25H,10,14,17H2,1-6H3. The zero-order chi connectivity index (χ0) is 19.6. The Morgan fingerprint density at radius 3 is 2.26 bits per heavy atom. The van der Waals surface area contributed by atoms with Gasteiger partial charge in [-0.1, -0.05) is 112 Å². The van der Waals surface area contributed by atoms with Crippen LogP contribution in [0, 0.1) is 0 Å². The van der Waals surface area contributed by atoms with Gasteiger partial charge in [-0.25, -0.2) is 0 Å². The zero-order valence-corrected chi connectivity index (χ0v) is 19.7. The summed E-state index contributed by atoms with van der Waals surface area (Å²) in [5.41, 5.74) is 9.29. The van der Waals surface area contributed by atoms with Crippen LogP contribution >= 0.6 is 15.8 Å². The highest BCUT2D eigenvalue weighted by Gasteiger charge is 2.34. The van der Waals surface area contributed by atoms with E-state index in [1.165, 1.54) is 29.9 Å². The van der Waals surface area contributed by atoms with Gasteiger partial charge < -0.3 is 0 Å². The summed E-state index contributed by atoms with van der Waals surface area (Å²) in [6.45, 7) is 14.8. The molecule has 3 rings (SSSR count). The molecule has 0 bridgehead atoms. The Labute approximate surface area is 169 Å². The maximum Gasteiger partial charge on any atom is 0.0271 e. The van der Waals surface area contributed by atoms with Crippen LogP contribution in [0.3, 0.4) is 0 Å². The number of rotatable bonds is 6. The Balaban J connectivity index is 2.09. The summed E-state index contributed by atoms with van der Waals surface area (Å²) in [6.07, 6.45) is 11.9. The molecule has 2 heteroatoms. The van der Waals surface area contributed by atoms with E-state index in [2.05, 4.69) is 90.1 Å². The van der Waals surface area contributed by atoms with Gasteiger partial charge in [-0.3, -0.25) is 0 Å². The van der Waals surface area contributed by atoms with Crippen molar-refractivity contribution in [3.05, 3.63) is 64.8 Å². The van der Waals surface area contributed by atoms with E-state index in [-0.39, 0.29) is 15.8 Å². The molecule has 0 nitrogen and oxygen atoms in total. The molecule has 0 amide bonds. The van der Waals surface area contributed by atoms with Crippen molar-refractivity contribution in [3.8, 4) is 0 Å². The Morgan fingerprint density at radius 1 is 0.889 bits per heavy atom. The molecule has 0 heterocycles. The van der Waals surface area contributed by atoms with Gasteiger partial charge in [0.1, 0.15) is 0 Å². The summed E-state index contributed by atoms with van der Waals surface area (Å²) in [5.74, 6) is 1.46. The van der Waals surface area contributed by atoms with E-state index in [1.807, 2.05) is 0 Å². The molecule has 2 unspecified atom stereocenters. The lowest BCUT2D eigenvalue weighted by atomic mass is 9.92. The van der Waals surface area contributed by atoms with E-state index < -0.39 is 0 Å². The van der Waals surface area contributed by atoms with Gasteiger partial charge in [-0.2, -0.15) is 0 Å². The van der Waals surface area contributed by atoms with Gasteiger partial charge in [0, 0.05) is 5.66 Å². The molecule has 1 aromatic rings. The quantitative estimate of drug-likeness (QED) is 0.421. The van der Waals surface area contributed by atoms with E-state index in [4.69, 9.17) is 0 Å². The van der Waals surface area contributed by atoms with Crippen molar-refractivity contribution in [2.75, 3.05) is 5.90 Å². The summed E-state index contributed by atoms with van der Waals surface area (Å²) in [4.78, 5) is 0. The largest absolute Gasteiger partial charge is 0.0970 e. The molecule has 1 aromatic carbocycles. The van der Waals surface area contributed by atoms with Crippen molar-refractivity contribution in [3.63, 3.8) is 0 Å². The highest BCUT2D eigenvalue weighted by molar-refractivity contribution is 7.75. The van der Waals surface area contributed by atoms with Crippen LogP contribution in [-0.2, 0) is 0 Å². The third-order valence-electron chi connectivity index (χ3n) is 5.96. The monoisotopic (exact) mass is 398 g/mol. The molecular formula is C25H36P2. The normalized spacial score (nSPS) is 20.4. The lowest BCUT2D eigenvalue weighted by molar-refractivity contribution is 0.873. The van der Waals surface area contributed by atoms with Crippen LogP contribution < -0.4 is 0 Å². The first kappa shape index (κ1) is 21.0. The van der Waals surface area contributed by atoms with Crippen molar-refractivity contribution >= 4 is 21.9 Å². The number of hydrogen-bond donors (Lipinski definition) is 0. The minimum absolute atomic E-state index is 0.0700. The topological polar surface area (TPSA) is 0 Å². The molecule has 0 saturated heterocycles. The van der Waals surface area contributed by atoms with Crippen molar-refractivity contribution in [2.24, 2.45) is 0 Å². The molecule has 0 fully saturated rings. The Bertz CT molecular complexity index is 728. The predicted molar refractivity (Wildman–Crippen MR) is 128 cm³/mol. The third-order valence-corrected chi connectivity index (χ3v) is 13.8. The molecule has 2 atom stereocenters. The Kier molecular flexibility index (Phi) is 7.16. The molecule has 0 N–H and O–H groups in total. The van der Waals surface area contributed by atoms with Crippen LogP contribution in [0.4, 0.5) is 0 Å². The lowest BCUT2D eigenvalue weighted by Gasteiger charge is -2.39. The van der Waals surface area contributed by atoms with Crippen LogP contribution in [0.1, 0.15) is 71.2 Å². The Hall–Kier alpha value is -0.700. The van der Waals surface area contributed by atoms with Crippen LogP contribution in [0.5, 0.6) is 0 Å². The molecule has 0 spiro atoms. The van der Waals surface area contributed by atoms with E-state index in [9.17, 15) is 0 Å². The van der Waals surface area contributed by atoms with E-state index >= 15 is 0 Å². The molecule has 2 aliphatic carbocycles. The SMILES string of the molecule is CC(C)P(CP(C(C)C)C1C2=C(C=CCC2)C=Cc2ccccc21)C(C)C. The fourth-order valence-electron chi connectivity index (χ4n) is 4.47. The van der Waals surface area contributed by atoms with Crippen LogP contribution in [0.25, 0.3) is 6.08 Å². The van der Waals surface area contributed by atoms with Crippen molar-refractivity contribution in [1.82, 2.24) is 0 Å². The molecule has 146 valence electrons. The van der Waals surface area contributed by atoms with Crippen LogP contribution in [0.15, 0.2) is 53.6 Å². The maximum atomic E-state index is 2.49. The molecule has 0 saturated carbocycles. The van der Waals surface area contributed by atoms with E-state index in [0.717, 1.165) is 17.0 Å². The highest BCUT2D eigenvalue weighted by Crippen LogP contribution is 2.68. The first-order valence-corrected chi connectivity index (χ1v) is 13.9. The summed E-state index contributed by atoms with van der Waals surface area (Å²) in [6, 6.07) is 9.20. The lowest BCUT2D eigenvalue weighted by Crippen LogP contribution is -2.15.